The molecule has 0 aromatic heterocycles. The summed E-state index contributed by atoms with van der Waals surface area (Å²) in [5, 5.41) is 12.7. The maximum atomic E-state index is 11.6. The summed E-state index contributed by atoms with van der Waals surface area (Å²) in [4.78, 5) is 13.8. The number of methoxy groups -OCH3 is 1. The van der Waals surface area contributed by atoms with E-state index < -0.39 is 11.5 Å². The minimum atomic E-state index is -0.860. The standard InChI is InChI=1S/C14H20N2O3/c1-16-9-7-14(8-10-16,13(17)18)15-11-3-5-12(19-2)6-4-11/h3-6,15H,7-10H2,1-2H3,(H,17,18). The molecule has 0 radical (unpaired) electrons. The summed E-state index contributed by atoms with van der Waals surface area (Å²) < 4.78 is 5.10. The fraction of sp³-hybridized carbons (Fsp3) is 0.500. The summed E-state index contributed by atoms with van der Waals surface area (Å²) in [7, 11) is 3.62. The molecule has 5 nitrogen and oxygen atoms in total. The van der Waals surface area contributed by atoms with Crippen molar-refractivity contribution in [3.8, 4) is 5.75 Å². The first kappa shape index (κ1) is 13.7. The van der Waals surface area contributed by atoms with Crippen LogP contribution in [0, 0.1) is 0 Å². The van der Waals surface area contributed by atoms with Gasteiger partial charge in [0.05, 0.1) is 7.11 Å². The van der Waals surface area contributed by atoms with E-state index >= 15 is 0 Å². The molecule has 104 valence electrons. The third-order valence-electron chi connectivity index (χ3n) is 3.72. The van der Waals surface area contributed by atoms with Crippen molar-refractivity contribution in [2.75, 3.05) is 32.6 Å². The van der Waals surface area contributed by atoms with Crippen LogP contribution >= 0.6 is 0 Å². The largest absolute Gasteiger partial charge is 0.497 e. The highest BCUT2D eigenvalue weighted by Crippen LogP contribution is 2.28. The quantitative estimate of drug-likeness (QED) is 0.866. The Labute approximate surface area is 113 Å². The average Bonchev–Trinajstić information content (AvgIpc) is 2.42. The number of hydrogen-bond donors (Lipinski definition) is 2. The van der Waals surface area contributed by atoms with Crippen molar-refractivity contribution in [2.45, 2.75) is 18.4 Å². The molecule has 0 unspecified atom stereocenters. The lowest BCUT2D eigenvalue weighted by Crippen LogP contribution is -2.53. The number of carboxylic acids is 1. The van der Waals surface area contributed by atoms with Crippen LogP contribution in [0.3, 0.4) is 0 Å². The van der Waals surface area contributed by atoms with Crippen LogP contribution in [0.1, 0.15) is 12.8 Å². The van der Waals surface area contributed by atoms with Crippen LogP contribution in [-0.4, -0.2) is 48.8 Å². The summed E-state index contributed by atoms with van der Waals surface area (Å²) in [6, 6.07) is 7.35. The maximum absolute atomic E-state index is 11.6. The second-order valence-electron chi connectivity index (χ2n) is 5.04. The number of aliphatic carboxylic acids is 1. The van der Waals surface area contributed by atoms with Gasteiger partial charge in [-0.05, 0) is 44.2 Å². The summed E-state index contributed by atoms with van der Waals surface area (Å²) >= 11 is 0. The first-order valence-corrected chi connectivity index (χ1v) is 6.40. The fourth-order valence-corrected chi connectivity index (χ4v) is 2.34. The Bertz CT molecular complexity index is 437. The van der Waals surface area contributed by atoms with E-state index in [2.05, 4.69) is 10.2 Å². The summed E-state index contributed by atoms with van der Waals surface area (Å²) in [6.45, 7) is 1.57. The molecular formula is C14H20N2O3. The van der Waals surface area contributed by atoms with Gasteiger partial charge in [0, 0.05) is 18.8 Å². The van der Waals surface area contributed by atoms with E-state index in [0.717, 1.165) is 24.5 Å². The van der Waals surface area contributed by atoms with Gasteiger partial charge in [-0.2, -0.15) is 0 Å². The molecule has 1 aromatic carbocycles. The molecule has 2 N–H and O–H groups in total. The molecule has 0 saturated carbocycles. The predicted molar refractivity (Wildman–Crippen MR) is 73.7 cm³/mol. The number of benzene rings is 1. The van der Waals surface area contributed by atoms with E-state index in [-0.39, 0.29) is 0 Å². The van der Waals surface area contributed by atoms with Gasteiger partial charge in [-0.1, -0.05) is 0 Å². The van der Waals surface area contributed by atoms with Gasteiger partial charge >= 0.3 is 5.97 Å². The van der Waals surface area contributed by atoms with E-state index in [9.17, 15) is 9.90 Å². The van der Waals surface area contributed by atoms with E-state index in [0.29, 0.717) is 12.8 Å². The lowest BCUT2D eigenvalue weighted by Gasteiger charge is -2.38. The van der Waals surface area contributed by atoms with Crippen LogP contribution in [0.4, 0.5) is 5.69 Å². The third-order valence-corrected chi connectivity index (χ3v) is 3.72. The molecule has 1 heterocycles. The average molecular weight is 264 g/mol. The SMILES string of the molecule is COc1ccc(NC2(C(=O)O)CCN(C)CC2)cc1. The second kappa shape index (κ2) is 5.48. The Morgan fingerprint density at radius 2 is 1.89 bits per heavy atom. The van der Waals surface area contributed by atoms with Crippen molar-refractivity contribution in [3.63, 3.8) is 0 Å². The van der Waals surface area contributed by atoms with E-state index in [4.69, 9.17) is 4.74 Å². The number of likely N-dealkylation sites (tertiary alicyclic amines) is 1. The Kier molecular flexibility index (Phi) is 3.95. The number of carboxylic acid groups (broad SMARTS) is 1. The van der Waals surface area contributed by atoms with E-state index in [1.54, 1.807) is 7.11 Å². The summed E-state index contributed by atoms with van der Waals surface area (Å²) in [6.07, 6.45) is 1.20. The zero-order chi connectivity index (χ0) is 13.9. The Morgan fingerprint density at radius 3 is 2.37 bits per heavy atom. The maximum Gasteiger partial charge on any atom is 0.329 e. The molecule has 1 saturated heterocycles. The number of anilines is 1. The number of rotatable bonds is 4. The zero-order valence-electron chi connectivity index (χ0n) is 11.3. The topological polar surface area (TPSA) is 61.8 Å². The first-order valence-electron chi connectivity index (χ1n) is 6.40. The fourth-order valence-electron chi connectivity index (χ4n) is 2.34. The Balaban J connectivity index is 2.14. The molecule has 19 heavy (non-hydrogen) atoms. The number of piperidine rings is 1. The molecule has 0 spiro atoms. The van der Waals surface area contributed by atoms with Gasteiger partial charge in [0.1, 0.15) is 11.3 Å². The molecule has 1 aliphatic rings. The molecule has 0 atom stereocenters. The number of nitrogens with one attached hydrogen (secondary N) is 1. The van der Waals surface area contributed by atoms with Crippen molar-refractivity contribution in [2.24, 2.45) is 0 Å². The second-order valence-corrected chi connectivity index (χ2v) is 5.04. The highest BCUT2D eigenvalue weighted by molar-refractivity contribution is 5.83. The van der Waals surface area contributed by atoms with Gasteiger partial charge in [-0.15, -0.1) is 0 Å². The van der Waals surface area contributed by atoms with Gasteiger partial charge < -0.3 is 20.1 Å². The van der Waals surface area contributed by atoms with Crippen LogP contribution in [0.2, 0.25) is 0 Å². The molecule has 1 aliphatic heterocycles. The van der Waals surface area contributed by atoms with E-state index in [1.807, 2.05) is 31.3 Å². The van der Waals surface area contributed by atoms with Gasteiger partial charge in [0.15, 0.2) is 0 Å². The smallest absolute Gasteiger partial charge is 0.329 e. The van der Waals surface area contributed by atoms with Crippen LogP contribution in [0.5, 0.6) is 5.75 Å². The monoisotopic (exact) mass is 264 g/mol. The van der Waals surface area contributed by atoms with Crippen molar-refractivity contribution in [1.82, 2.24) is 4.90 Å². The number of nitrogens with zero attached hydrogens (tertiary/aromatic N) is 1. The molecule has 0 bridgehead atoms. The third kappa shape index (κ3) is 2.98. The molecule has 5 heteroatoms. The van der Waals surface area contributed by atoms with Crippen molar-refractivity contribution in [1.29, 1.82) is 0 Å². The lowest BCUT2D eigenvalue weighted by atomic mass is 9.87. The van der Waals surface area contributed by atoms with Crippen LogP contribution in [0.25, 0.3) is 0 Å². The molecule has 0 aliphatic carbocycles. The molecule has 1 aromatic rings. The molecular weight excluding hydrogens is 244 g/mol. The van der Waals surface area contributed by atoms with Crippen molar-refractivity contribution < 1.29 is 14.6 Å². The van der Waals surface area contributed by atoms with Gasteiger partial charge in [0.2, 0.25) is 0 Å². The van der Waals surface area contributed by atoms with Gasteiger partial charge in [0.25, 0.3) is 0 Å². The Hall–Kier alpha value is -1.75. The highest BCUT2D eigenvalue weighted by atomic mass is 16.5. The normalized spacial score (nSPS) is 18.8. The van der Waals surface area contributed by atoms with E-state index in [1.165, 1.54) is 0 Å². The Morgan fingerprint density at radius 1 is 1.32 bits per heavy atom. The minimum Gasteiger partial charge on any atom is -0.497 e. The minimum absolute atomic E-state index is 0.602. The molecule has 2 rings (SSSR count). The first-order chi connectivity index (χ1) is 9.05. The molecule has 1 fully saturated rings. The zero-order valence-corrected chi connectivity index (χ0v) is 11.3. The number of carbonyl (C=O) groups is 1. The van der Waals surface area contributed by atoms with Crippen LogP contribution in [0.15, 0.2) is 24.3 Å². The van der Waals surface area contributed by atoms with Crippen molar-refractivity contribution >= 4 is 11.7 Å². The van der Waals surface area contributed by atoms with Crippen LogP contribution < -0.4 is 10.1 Å². The number of hydrogen-bond acceptors (Lipinski definition) is 4. The van der Waals surface area contributed by atoms with Gasteiger partial charge in [-0.3, -0.25) is 0 Å². The molecule has 0 amide bonds. The highest BCUT2D eigenvalue weighted by Gasteiger charge is 2.40. The predicted octanol–water partition coefficient (Wildman–Crippen LogP) is 1.66. The summed E-state index contributed by atoms with van der Waals surface area (Å²) in [5.41, 5.74) is -0.0473. The number of ether oxygens (including phenoxy) is 1. The van der Waals surface area contributed by atoms with Gasteiger partial charge in [-0.25, -0.2) is 4.79 Å². The van der Waals surface area contributed by atoms with Crippen molar-refractivity contribution in [3.05, 3.63) is 24.3 Å². The lowest BCUT2D eigenvalue weighted by molar-refractivity contribution is -0.143. The summed E-state index contributed by atoms with van der Waals surface area (Å²) in [5.74, 6) is -0.0188. The van der Waals surface area contributed by atoms with Crippen LogP contribution in [-0.2, 0) is 4.79 Å².